The number of rotatable bonds is 6. The molecule has 23 heavy (non-hydrogen) atoms. The minimum Gasteiger partial charge on any atom is -0.497 e. The van der Waals surface area contributed by atoms with E-state index < -0.39 is 0 Å². The number of nitrogens with zero attached hydrogens (tertiary/aromatic N) is 2. The van der Waals surface area contributed by atoms with Gasteiger partial charge in [-0.3, -0.25) is 4.79 Å². The first-order valence-corrected chi connectivity index (χ1v) is 7.53. The van der Waals surface area contributed by atoms with E-state index >= 15 is 0 Å². The molecule has 0 atom stereocenters. The van der Waals surface area contributed by atoms with E-state index in [-0.39, 0.29) is 5.91 Å². The number of methoxy groups -OCH3 is 1. The second-order valence-electron chi connectivity index (χ2n) is 5.68. The van der Waals surface area contributed by atoms with Gasteiger partial charge in [0, 0.05) is 24.0 Å². The minimum absolute atomic E-state index is 0.196. The van der Waals surface area contributed by atoms with Crippen LogP contribution in [0.5, 0.6) is 5.75 Å². The number of carbonyl (C=O) groups is 1. The Morgan fingerprint density at radius 1 is 1.26 bits per heavy atom. The Morgan fingerprint density at radius 3 is 2.74 bits per heavy atom. The molecule has 2 aromatic rings. The fraction of sp³-hybridized carbons (Fsp3) is 0.353. The largest absolute Gasteiger partial charge is 0.497 e. The maximum atomic E-state index is 12.2. The molecule has 0 fully saturated rings. The van der Waals surface area contributed by atoms with E-state index in [1.165, 1.54) is 0 Å². The lowest BCUT2D eigenvalue weighted by Crippen LogP contribution is -2.28. The monoisotopic (exact) mass is 314 g/mol. The Morgan fingerprint density at radius 2 is 2.04 bits per heavy atom. The Hall–Kier alpha value is -2.63. The van der Waals surface area contributed by atoms with Gasteiger partial charge >= 0.3 is 0 Å². The third-order valence-electron chi connectivity index (χ3n) is 3.08. The molecule has 0 bridgehead atoms. The SMILES string of the molecule is COc1cccc(Nc2nc(C)cc(C(=O)NCC(C)C)n2)c1. The highest BCUT2D eigenvalue weighted by atomic mass is 16.5. The normalized spacial score (nSPS) is 10.5. The molecule has 2 N–H and O–H groups in total. The van der Waals surface area contributed by atoms with Gasteiger partial charge in [0.1, 0.15) is 11.4 Å². The summed E-state index contributed by atoms with van der Waals surface area (Å²) >= 11 is 0. The molecule has 0 radical (unpaired) electrons. The van der Waals surface area contributed by atoms with Crippen LogP contribution in [0.2, 0.25) is 0 Å². The van der Waals surface area contributed by atoms with Crippen molar-refractivity contribution in [1.29, 1.82) is 0 Å². The molecule has 6 heteroatoms. The summed E-state index contributed by atoms with van der Waals surface area (Å²) in [6, 6.07) is 9.11. The molecular weight excluding hydrogens is 292 g/mol. The van der Waals surface area contributed by atoms with E-state index in [0.29, 0.717) is 24.1 Å². The first-order valence-electron chi connectivity index (χ1n) is 7.53. The molecule has 0 aliphatic carbocycles. The van der Waals surface area contributed by atoms with E-state index in [1.807, 2.05) is 45.0 Å². The van der Waals surface area contributed by atoms with Gasteiger partial charge in [0.15, 0.2) is 0 Å². The smallest absolute Gasteiger partial charge is 0.270 e. The van der Waals surface area contributed by atoms with Crippen LogP contribution in [0.15, 0.2) is 30.3 Å². The summed E-state index contributed by atoms with van der Waals surface area (Å²) in [6.07, 6.45) is 0. The highest BCUT2D eigenvalue weighted by Crippen LogP contribution is 2.19. The fourth-order valence-corrected chi connectivity index (χ4v) is 1.96. The molecule has 6 nitrogen and oxygen atoms in total. The highest BCUT2D eigenvalue weighted by Gasteiger charge is 2.11. The van der Waals surface area contributed by atoms with Gasteiger partial charge in [0.25, 0.3) is 5.91 Å². The molecule has 0 spiro atoms. The van der Waals surface area contributed by atoms with Gasteiger partial charge in [0.05, 0.1) is 7.11 Å². The second-order valence-corrected chi connectivity index (χ2v) is 5.68. The number of amides is 1. The lowest BCUT2D eigenvalue weighted by Gasteiger charge is -2.10. The van der Waals surface area contributed by atoms with Crippen LogP contribution < -0.4 is 15.4 Å². The van der Waals surface area contributed by atoms with Crippen LogP contribution in [0.4, 0.5) is 11.6 Å². The van der Waals surface area contributed by atoms with Gasteiger partial charge in [-0.05, 0) is 31.0 Å². The molecule has 1 heterocycles. The Bertz CT molecular complexity index is 686. The van der Waals surface area contributed by atoms with Crippen LogP contribution in [0.1, 0.15) is 30.0 Å². The number of carbonyl (C=O) groups excluding carboxylic acids is 1. The predicted molar refractivity (Wildman–Crippen MR) is 90.2 cm³/mol. The molecule has 0 saturated carbocycles. The number of anilines is 2. The average molecular weight is 314 g/mol. The van der Waals surface area contributed by atoms with Crippen molar-refractivity contribution in [1.82, 2.24) is 15.3 Å². The topological polar surface area (TPSA) is 76.1 Å². The van der Waals surface area contributed by atoms with E-state index in [0.717, 1.165) is 17.1 Å². The van der Waals surface area contributed by atoms with Crippen molar-refractivity contribution < 1.29 is 9.53 Å². The molecule has 0 unspecified atom stereocenters. The van der Waals surface area contributed by atoms with Crippen molar-refractivity contribution in [2.75, 3.05) is 19.0 Å². The Balaban J connectivity index is 2.17. The summed E-state index contributed by atoms with van der Waals surface area (Å²) in [5.74, 6) is 1.31. The number of benzene rings is 1. The van der Waals surface area contributed by atoms with Gasteiger partial charge in [-0.1, -0.05) is 19.9 Å². The number of ether oxygens (including phenoxy) is 1. The van der Waals surface area contributed by atoms with Gasteiger partial charge < -0.3 is 15.4 Å². The molecule has 1 aromatic carbocycles. The second kappa shape index (κ2) is 7.58. The van der Waals surface area contributed by atoms with E-state index in [9.17, 15) is 4.79 Å². The number of nitrogens with one attached hydrogen (secondary N) is 2. The number of aryl methyl sites for hydroxylation is 1. The number of hydrogen-bond donors (Lipinski definition) is 2. The van der Waals surface area contributed by atoms with Crippen LogP contribution in [-0.2, 0) is 0 Å². The quantitative estimate of drug-likeness (QED) is 0.857. The molecular formula is C17H22N4O2. The third-order valence-corrected chi connectivity index (χ3v) is 3.08. The van der Waals surface area contributed by atoms with E-state index in [1.54, 1.807) is 13.2 Å². The fourth-order valence-electron chi connectivity index (χ4n) is 1.96. The van der Waals surface area contributed by atoms with Crippen molar-refractivity contribution in [2.24, 2.45) is 5.92 Å². The molecule has 0 aliphatic rings. The standard InChI is InChI=1S/C17H22N4O2/c1-11(2)10-18-16(22)15-8-12(3)19-17(21-15)20-13-6-5-7-14(9-13)23-4/h5-9,11H,10H2,1-4H3,(H,18,22)(H,19,20,21). The summed E-state index contributed by atoms with van der Waals surface area (Å²) in [5, 5.41) is 5.96. The van der Waals surface area contributed by atoms with Crippen molar-refractivity contribution in [3.63, 3.8) is 0 Å². The van der Waals surface area contributed by atoms with Crippen molar-refractivity contribution in [2.45, 2.75) is 20.8 Å². The minimum atomic E-state index is -0.196. The zero-order valence-electron chi connectivity index (χ0n) is 13.9. The van der Waals surface area contributed by atoms with Gasteiger partial charge in [-0.2, -0.15) is 0 Å². The maximum Gasteiger partial charge on any atom is 0.270 e. The summed E-state index contributed by atoms with van der Waals surface area (Å²) in [6.45, 7) is 6.53. The van der Waals surface area contributed by atoms with Crippen molar-refractivity contribution in [3.05, 3.63) is 41.7 Å². The molecule has 2 rings (SSSR count). The van der Waals surface area contributed by atoms with Crippen LogP contribution in [0, 0.1) is 12.8 Å². The molecule has 122 valence electrons. The maximum absolute atomic E-state index is 12.2. The molecule has 0 saturated heterocycles. The summed E-state index contributed by atoms with van der Waals surface area (Å²) in [7, 11) is 1.61. The number of hydrogen-bond acceptors (Lipinski definition) is 5. The highest BCUT2D eigenvalue weighted by molar-refractivity contribution is 5.92. The van der Waals surface area contributed by atoms with Crippen molar-refractivity contribution in [3.8, 4) is 5.75 Å². The van der Waals surface area contributed by atoms with Crippen LogP contribution in [0.25, 0.3) is 0 Å². The van der Waals surface area contributed by atoms with Gasteiger partial charge in [-0.25, -0.2) is 9.97 Å². The average Bonchev–Trinajstić information content (AvgIpc) is 2.52. The summed E-state index contributed by atoms with van der Waals surface area (Å²) in [4.78, 5) is 20.8. The predicted octanol–water partition coefficient (Wildman–Crippen LogP) is 2.92. The van der Waals surface area contributed by atoms with Gasteiger partial charge in [-0.15, -0.1) is 0 Å². The van der Waals surface area contributed by atoms with E-state index in [4.69, 9.17) is 4.74 Å². The third kappa shape index (κ3) is 4.95. The Kier molecular flexibility index (Phi) is 5.51. The molecule has 1 amide bonds. The zero-order valence-corrected chi connectivity index (χ0v) is 13.9. The summed E-state index contributed by atoms with van der Waals surface area (Å²) in [5.41, 5.74) is 1.87. The lowest BCUT2D eigenvalue weighted by molar-refractivity contribution is 0.0944. The number of aromatic nitrogens is 2. The van der Waals surface area contributed by atoms with Crippen LogP contribution >= 0.6 is 0 Å². The molecule has 0 aliphatic heterocycles. The van der Waals surface area contributed by atoms with Crippen LogP contribution in [0.3, 0.4) is 0 Å². The first kappa shape index (κ1) is 16.7. The lowest BCUT2D eigenvalue weighted by atomic mass is 10.2. The van der Waals surface area contributed by atoms with Gasteiger partial charge in [0.2, 0.25) is 5.95 Å². The first-order chi connectivity index (χ1) is 11.0. The zero-order chi connectivity index (χ0) is 16.8. The molecule has 1 aromatic heterocycles. The Labute approximate surface area is 136 Å². The van der Waals surface area contributed by atoms with E-state index in [2.05, 4.69) is 20.6 Å². The summed E-state index contributed by atoms with van der Waals surface area (Å²) < 4.78 is 5.19. The van der Waals surface area contributed by atoms with Crippen molar-refractivity contribution >= 4 is 17.5 Å². The van der Waals surface area contributed by atoms with Crippen LogP contribution in [-0.4, -0.2) is 29.5 Å².